The first-order valence-electron chi connectivity index (χ1n) is 4.78. The molecular weight excluding hydrogens is 308 g/mol. The lowest BCUT2D eigenvalue weighted by atomic mass is 10.3. The zero-order valence-corrected chi connectivity index (χ0v) is 11.2. The number of hydrogen-bond donors (Lipinski definition) is 1. The maximum Gasteiger partial charge on any atom is 0.135 e. The van der Waals surface area contributed by atoms with E-state index in [1.165, 1.54) is 12.1 Å². The van der Waals surface area contributed by atoms with Gasteiger partial charge in [0.1, 0.15) is 22.6 Å². The van der Waals surface area contributed by atoms with Crippen molar-refractivity contribution in [3.8, 4) is 0 Å². The van der Waals surface area contributed by atoms with Crippen molar-refractivity contribution in [2.24, 2.45) is 0 Å². The van der Waals surface area contributed by atoms with Crippen LogP contribution in [0.1, 0.15) is 5.82 Å². The molecule has 0 saturated carbocycles. The van der Waals surface area contributed by atoms with Gasteiger partial charge in [-0.05, 0) is 41.1 Å². The van der Waals surface area contributed by atoms with Crippen LogP contribution < -0.4 is 5.32 Å². The van der Waals surface area contributed by atoms with E-state index < -0.39 is 0 Å². The lowest BCUT2D eigenvalue weighted by molar-refractivity contribution is 0.628. The Morgan fingerprint density at radius 2 is 2.06 bits per heavy atom. The second-order valence-electron chi connectivity index (χ2n) is 3.37. The predicted octanol–water partition coefficient (Wildman–Crippen LogP) is 4.08. The van der Waals surface area contributed by atoms with Crippen molar-refractivity contribution >= 4 is 39.0 Å². The Kier molecular flexibility index (Phi) is 3.59. The van der Waals surface area contributed by atoms with Crippen molar-refractivity contribution in [3.05, 3.63) is 45.5 Å². The van der Waals surface area contributed by atoms with Crippen LogP contribution in [0.5, 0.6) is 0 Å². The Bertz CT molecular complexity index is 542. The quantitative estimate of drug-likeness (QED) is 0.848. The van der Waals surface area contributed by atoms with Crippen LogP contribution in [0.15, 0.2) is 28.7 Å². The topological polar surface area (TPSA) is 37.8 Å². The Hall–Kier alpha value is -1.20. The smallest absolute Gasteiger partial charge is 0.135 e. The Balaban J connectivity index is 2.34. The summed E-state index contributed by atoms with van der Waals surface area (Å²) in [5.41, 5.74) is 0.583. The number of benzene rings is 1. The Morgan fingerprint density at radius 3 is 2.76 bits per heavy atom. The molecule has 0 amide bonds. The normalized spacial score (nSPS) is 10.4. The molecule has 0 bridgehead atoms. The minimum Gasteiger partial charge on any atom is -0.339 e. The highest BCUT2D eigenvalue weighted by molar-refractivity contribution is 9.10. The molecule has 0 aliphatic heterocycles. The number of aryl methyl sites for hydroxylation is 1. The zero-order chi connectivity index (χ0) is 12.4. The fourth-order valence-corrected chi connectivity index (χ4v) is 1.90. The van der Waals surface area contributed by atoms with Gasteiger partial charge in [0.15, 0.2) is 0 Å². The van der Waals surface area contributed by atoms with Crippen LogP contribution >= 0.6 is 27.5 Å². The average molecular weight is 317 g/mol. The number of nitrogens with one attached hydrogen (secondary N) is 1. The van der Waals surface area contributed by atoms with E-state index in [2.05, 4.69) is 31.2 Å². The summed E-state index contributed by atoms with van der Waals surface area (Å²) >= 11 is 9.13. The van der Waals surface area contributed by atoms with Crippen LogP contribution in [0.4, 0.5) is 15.9 Å². The van der Waals surface area contributed by atoms with Gasteiger partial charge in [-0.1, -0.05) is 11.6 Å². The molecule has 3 nitrogen and oxygen atoms in total. The lowest BCUT2D eigenvalue weighted by Gasteiger charge is -2.08. The Labute approximate surface area is 111 Å². The zero-order valence-electron chi connectivity index (χ0n) is 8.84. The molecule has 1 heterocycles. The molecule has 0 saturated heterocycles. The van der Waals surface area contributed by atoms with E-state index in [9.17, 15) is 4.39 Å². The van der Waals surface area contributed by atoms with E-state index >= 15 is 0 Å². The van der Waals surface area contributed by atoms with Crippen molar-refractivity contribution < 1.29 is 4.39 Å². The minimum atomic E-state index is -0.326. The van der Waals surface area contributed by atoms with Crippen molar-refractivity contribution in [2.45, 2.75) is 6.92 Å². The highest BCUT2D eigenvalue weighted by Crippen LogP contribution is 2.26. The SMILES string of the molecule is Cc1nc(Cl)cc(Nc2cc(F)ccc2Br)n1. The minimum absolute atomic E-state index is 0.326. The molecule has 1 aromatic heterocycles. The molecule has 0 atom stereocenters. The van der Waals surface area contributed by atoms with Crippen LogP contribution in [0, 0.1) is 12.7 Å². The van der Waals surface area contributed by atoms with Crippen molar-refractivity contribution in [1.82, 2.24) is 9.97 Å². The molecule has 88 valence electrons. The number of aromatic nitrogens is 2. The van der Waals surface area contributed by atoms with E-state index in [1.54, 1.807) is 19.1 Å². The monoisotopic (exact) mass is 315 g/mol. The summed E-state index contributed by atoms with van der Waals surface area (Å²) < 4.78 is 13.8. The largest absolute Gasteiger partial charge is 0.339 e. The molecular formula is C11H8BrClFN3. The molecule has 1 aromatic carbocycles. The van der Waals surface area contributed by atoms with Crippen molar-refractivity contribution in [1.29, 1.82) is 0 Å². The summed E-state index contributed by atoms with van der Waals surface area (Å²) in [7, 11) is 0. The standard InChI is InChI=1S/C11H8BrClFN3/c1-6-15-10(13)5-11(16-6)17-9-4-7(14)2-3-8(9)12/h2-5H,1H3,(H,15,16,17). The van der Waals surface area contributed by atoms with Gasteiger partial charge in [0.05, 0.1) is 5.69 Å². The van der Waals surface area contributed by atoms with Gasteiger partial charge in [-0.3, -0.25) is 0 Å². The van der Waals surface area contributed by atoms with E-state index in [1.807, 2.05) is 0 Å². The molecule has 0 radical (unpaired) electrons. The van der Waals surface area contributed by atoms with Gasteiger partial charge >= 0.3 is 0 Å². The van der Waals surface area contributed by atoms with Gasteiger partial charge in [0.25, 0.3) is 0 Å². The summed E-state index contributed by atoms with van der Waals surface area (Å²) in [6.07, 6.45) is 0. The van der Waals surface area contributed by atoms with E-state index in [-0.39, 0.29) is 5.82 Å². The highest BCUT2D eigenvalue weighted by Gasteiger charge is 2.05. The first kappa shape index (κ1) is 12.3. The molecule has 0 spiro atoms. The number of nitrogens with zero attached hydrogens (tertiary/aromatic N) is 2. The number of anilines is 2. The average Bonchev–Trinajstić information content (AvgIpc) is 2.22. The van der Waals surface area contributed by atoms with Crippen LogP contribution in [-0.4, -0.2) is 9.97 Å². The second-order valence-corrected chi connectivity index (χ2v) is 4.61. The third-order valence-electron chi connectivity index (χ3n) is 2.00. The predicted molar refractivity (Wildman–Crippen MR) is 69.2 cm³/mol. The van der Waals surface area contributed by atoms with Gasteiger partial charge in [0.2, 0.25) is 0 Å². The van der Waals surface area contributed by atoms with Crippen molar-refractivity contribution in [2.75, 3.05) is 5.32 Å². The summed E-state index contributed by atoms with van der Waals surface area (Å²) in [6, 6.07) is 5.93. The van der Waals surface area contributed by atoms with E-state index in [0.717, 1.165) is 4.47 Å². The fourth-order valence-electron chi connectivity index (χ4n) is 1.33. The van der Waals surface area contributed by atoms with Gasteiger partial charge < -0.3 is 5.32 Å². The summed E-state index contributed by atoms with van der Waals surface area (Å²) in [5, 5.41) is 3.31. The molecule has 2 rings (SSSR count). The first-order chi connectivity index (χ1) is 8.04. The van der Waals surface area contributed by atoms with Crippen LogP contribution in [0.3, 0.4) is 0 Å². The molecule has 17 heavy (non-hydrogen) atoms. The molecule has 2 aromatic rings. The summed E-state index contributed by atoms with van der Waals surface area (Å²) in [6.45, 7) is 1.73. The molecule has 0 aliphatic carbocycles. The molecule has 0 aliphatic rings. The van der Waals surface area contributed by atoms with Gasteiger partial charge in [-0.15, -0.1) is 0 Å². The number of halogens is 3. The van der Waals surface area contributed by atoms with E-state index in [4.69, 9.17) is 11.6 Å². The maximum atomic E-state index is 13.1. The van der Waals surface area contributed by atoms with Gasteiger partial charge in [-0.25, -0.2) is 14.4 Å². The summed E-state index contributed by atoms with van der Waals surface area (Å²) in [4.78, 5) is 8.09. The molecule has 1 N–H and O–H groups in total. The maximum absolute atomic E-state index is 13.1. The first-order valence-corrected chi connectivity index (χ1v) is 5.95. The highest BCUT2D eigenvalue weighted by atomic mass is 79.9. The lowest BCUT2D eigenvalue weighted by Crippen LogP contribution is -1.98. The summed E-state index contributed by atoms with van der Waals surface area (Å²) in [5.74, 6) is 0.744. The number of hydrogen-bond acceptors (Lipinski definition) is 3. The van der Waals surface area contributed by atoms with E-state index in [0.29, 0.717) is 22.5 Å². The third-order valence-corrected chi connectivity index (χ3v) is 2.88. The Morgan fingerprint density at radius 1 is 1.29 bits per heavy atom. The second kappa shape index (κ2) is 4.98. The van der Waals surface area contributed by atoms with Crippen molar-refractivity contribution in [3.63, 3.8) is 0 Å². The third kappa shape index (κ3) is 3.14. The van der Waals surface area contributed by atoms with Crippen LogP contribution in [0.2, 0.25) is 5.15 Å². The molecule has 0 unspecified atom stereocenters. The van der Waals surface area contributed by atoms with Gasteiger partial charge in [-0.2, -0.15) is 0 Å². The molecule has 6 heteroatoms. The van der Waals surface area contributed by atoms with Crippen LogP contribution in [-0.2, 0) is 0 Å². The van der Waals surface area contributed by atoms with Gasteiger partial charge in [0, 0.05) is 10.5 Å². The number of rotatable bonds is 2. The van der Waals surface area contributed by atoms with Crippen LogP contribution in [0.25, 0.3) is 0 Å². The molecule has 0 fully saturated rings. The fraction of sp³-hybridized carbons (Fsp3) is 0.0909.